The number of anilines is 1. The molecule has 1 amide bonds. The summed E-state index contributed by atoms with van der Waals surface area (Å²) in [6.45, 7) is 1.36. The molecule has 1 aromatic carbocycles. The van der Waals surface area contributed by atoms with Crippen LogP contribution in [0.15, 0.2) is 24.3 Å². The first-order chi connectivity index (χ1) is 10.5. The highest BCUT2D eigenvalue weighted by atomic mass is 16.7. The molecule has 1 aromatic rings. The molecule has 2 heterocycles. The van der Waals surface area contributed by atoms with Crippen LogP contribution in [0.3, 0.4) is 0 Å². The van der Waals surface area contributed by atoms with Crippen LogP contribution in [0.1, 0.15) is 18.9 Å². The summed E-state index contributed by atoms with van der Waals surface area (Å²) < 4.78 is 4.78. The van der Waals surface area contributed by atoms with Crippen molar-refractivity contribution in [2.24, 2.45) is 0 Å². The van der Waals surface area contributed by atoms with E-state index >= 15 is 0 Å². The second-order valence-electron chi connectivity index (χ2n) is 5.49. The largest absolute Gasteiger partial charge is 0.467 e. The van der Waals surface area contributed by atoms with E-state index in [1.807, 2.05) is 6.07 Å². The van der Waals surface area contributed by atoms with E-state index in [0.29, 0.717) is 11.3 Å². The molecule has 0 saturated carbocycles. The second kappa shape index (κ2) is 4.96. The van der Waals surface area contributed by atoms with Crippen LogP contribution in [0.2, 0.25) is 0 Å². The van der Waals surface area contributed by atoms with Gasteiger partial charge >= 0.3 is 5.97 Å². The Morgan fingerprint density at radius 3 is 2.59 bits per heavy atom. The second-order valence-corrected chi connectivity index (χ2v) is 5.49. The normalized spacial score (nSPS) is 29.3. The van der Waals surface area contributed by atoms with E-state index in [0.717, 1.165) is 0 Å². The molecule has 7 nitrogen and oxygen atoms in total. The van der Waals surface area contributed by atoms with Gasteiger partial charge in [0.1, 0.15) is 11.6 Å². The smallest absolute Gasteiger partial charge is 0.328 e. The van der Waals surface area contributed by atoms with Crippen molar-refractivity contribution in [3.8, 4) is 0 Å². The number of rotatable bonds is 2. The van der Waals surface area contributed by atoms with Gasteiger partial charge in [-0.15, -0.1) is 0 Å². The molecule has 0 bridgehead atoms. The standard InChI is InChI=1S/C15H18N2O5/c1-9(18)16-12(13(19)21-2)8-15(20)10-6-4-5-7-11(10)17(22-3)14(15)16/h4-7,12,14,20H,8H2,1-3H3/t12-,14-,15-/m0/s1. The number of amides is 1. The van der Waals surface area contributed by atoms with Gasteiger partial charge in [-0.3, -0.25) is 9.63 Å². The lowest BCUT2D eigenvalue weighted by Gasteiger charge is -2.34. The Bertz CT molecular complexity index is 634. The van der Waals surface area contributed by atoms with Gasteiger partial charge in [0.2, 0.25) is 5.91 Å². The van der Waals surface area contributed by atoms with Gasteiger partial charge in [-0.05, 0) is 6.07 Å². The average Bonchev–Trinajstić information content (AvgIpc) is 2.94. The number of fused-ring (bicyclic) bond motifs is 3. The van der Waals surface area contributed by atoms with Crippen LogP contribution in [0.25, 0.3) is 0 Å². The van der Waals surface area contributed by atoms with Crippen molar-refractivity contribution < 1.29 is 24.3 Å². The van der Waals surface area contributed by atoms with Crippen LogP contribution in [-0.4, -0.2) is 48.3 Å². The number of carbonyl (C=O) groups excluding carboxylic acids is 2. The Morgan fingerprint density at radius 1 is 1.32 bits per heavy atom. The summed E-state index contributed by atoms with van der Waals surface area (Å²) in [5.74, 6) is -0.877. The van der Waals surface area contributed by atoms with E-state index in [9.17, 15) is 14.7 Å². The van der Waals surface area contributed by atoms with E-state index in [-0.39, 0.29) is 12.3 Å². The van der Waals surface area contributed by atoms with Gasteiger partial charge in [0.05, 0.1) is 19.9 Å². The fourth-order valence-electron chi connectivity index (χ4n) is 3.54. The Kier molecular flexibility index (Phi) is 3.34. The minimum Gasteiger partial charge on any atom is -0.467 e. The first-order valence-corrected chi connectivity index (χ1v) is 6.97. The molecule has 22 heavy (non-hydrogen) atoms. The molecule has 3 rings (SSSR count). The lowest BCUT2D eigenvalue weighted by Crippen LogP contribution is -2.53. The maximum Gasteiger partial charge on any atom is 0.328 e. The molecular weight excluding hydrogens is 288 g/mol. The average molecular weight is 306 g/mol. The maximum atomic E-state index is 12.1. The number of methoxy groups -OCH3 is 1. The Labute approximate surface area is 128 Å². The van der Waals surface area contributed by atoms with Crippen molar-refractivity contribution in [1.82, 2.24) is 4.90 Å². The number of hydrogen-bond acceptors (Lipinski definition) is 6. The van der Waals surface area contributed by atoms with E-state index in [2.05, 4.69) is 0 Å². The quantitative estimate of drug-likeness (QED) is 0.796. The summed E-state index contributed by atoms with van der Waals surface area (Å²) in [5, 5.41) is 12.7. The number of carbonyl (C=O) groups is 2. The monoisotopic (exact) mass is 306 g/mol. The zero-order valence-corrected chi connectivity index (χ0v) is 12.6. The first kappa shape index (κ1) is 14.8. The minimum atomic E-state index is -1.38. The minimum absolute atomic E-state index is 0.0702. The highest BCUT2D eigenvalue weighted by Gasteiger charge is 2.63. The molecule has 0 aliphatic carbocycles. The molecular formula is C15H18N2O5. The molecule has 2 aliphatic rings. The number of esters is 1. The number of hydroxylamine groups is 1. The number of nitrogens with zero attached hydrogens (tertiary/aromatic N) is 2. The van der Waals surface area contributed by atoms with Crippen LogP contribution >= 0.6 is 0 Å². The molecule has 0 radical (unpaired) electrons. The molecule has 1 saturated heterocycles. The van der Waals surface area contributed by atoms with E-state index < -0.39 is 23.8 Å². The third-order valence-electron chi connectivity index (χ3n) is 4.39. The van der Waals surface area contributed by atoms with Crippen LogP contribution < -0.4 is 5.06 Å². The zero-order chi connectivity index (χ0) is 16.1. The van der Waals surface area contributed by atoms with Crippen molar-refractivity contribution in [3.05, 3.63) is 29.8 Å². The fraction of sp³-hybridized carbons (Fsp3) is 0.467. The van der Waals surface area contributed by atoms with Crippen molar-refractivity contribution >= 4 is 17.6 Å². The third-order valence-corrected chi connectivity index (χ3v) is 4.39. The maximum absolute atomic E-state index is 12.1. The molecule has 118 valence electrons. The highest BCUT2D eigenvalue weighted by molar-refractivity contribution is 5.86. The van der Waals surface area contributed by atoms with E-state index in [1.54, 1.807) is 18.2 Å². The summed E-state index contributed by atoms with van der Waals surface area (Å²) in [4.78, 5) is 30.8. The lowest BCUT2D eigenvalue weighted by atomic mass is 9.91. The summed E-state index contributed by atoms with van der Waals surface area (Å²) in [6.07, 6.45) is -0.725. The molecule has 3 atom stereocenters. The van der Waals surface area contributed by atoms with Crippen molar-refractivity contribution in [1.29, 1.82) is 0 Å². The lowest BCUT2D eigenvalue weighted by molar-refractivity contribution is -0.152. The van der Waals surface area contributed by atoms with E-state index in [4.69, 9.17) is 9.57 Å². The Balaban J connectivity index is 2.14. The number of ether oxygens (including phenoxy) is 1. The number of likely N-dealkylation sites (tertiary alicyclic amines) is 1. The SMILES string of the molecule is COC(=O)[C@@H]1C[C@]2(O)c3ccccc3N(OC)[C@@H]2N1C(C)=O. The summed E-state index contributed by atoms with van der Waals surface area (Å²) in [5.41, 5.74) is -0.0523. The van der Waals surface area contributed by atoms with Gasteiger partial charge in [0.15, 0.2) is 6.17 Å². The molecule has 7 heteroatoms. The van der Waals surface area contributed by atoms with Crippen molar-refractivity contribution in [3.63, 3.8) is 0 Å². The number of hydrogen-bond donors (Lipinski definition) is 1. The number of para-hydroxylation sites is 1. The zero-order valence-electron chi connectivity index (χ0n) is 12.6. The van der Waals surface area contributed by atoms with Gasteiger partial charge < -0.3 is 14.7 Å². The molecule has 0 aromatic heterocycles. The predicted molar refractivity (Wildman–Crippen MR) is 76.6 cm³/mol. The van der Waals surface area contributed by atoms with E-state index in [1.165, 1.54) is 31.1 Å². The van der Waals surface area contributed by atoms with Gasteiger partial charge in [-0.2, -0.15) is 0 Å². The van der Waals surface area contributed by atoms with Crippen LogP contribution in [0.4, 0.5) is 5.69 Å². The van der Waals surface area contributed by atoms with Crippen molar-refractivity contribution in [2.45, 2.75) is 31.2 Å². The number of benzene rings is 1. The molecule has 1 fully saturated rings. The Morgan fingerprint density at radius 2 is 2.00 bits per heavy atom. The van der Waals surface area contributed by atoms with Crippen LogP contribution in [0.5, 0.6) is 0 Å². The third kappa shape index (κ3) is 1.75. The molecule has 1 N–H and O–H groups in total. The topological polar surface area (TPSA) is 79.3 Å². The molecule has 0 spiro atoms. The van der Waals surface area contributed by atoms with Gasteiger partial charge in [0, 0.05) is 18.9 Å². The fourth-order valence-corrected chi connectivity index (χ4v) is 3.54. The van der Waals surface area contributed by atoms with Gasteiger partial charge in [-0.1, -0.05) is 18.2 Å². The van der Waals surface area contributed by atoms with Crippen LogP contribution in [0, 0.1) is 0 Å². The first-order valence-electron chi connectivity index (χ1n) is 6.97. The Hall–Kier alpha value is -2.12. The highest BCUT2D eigenvalue weighted by Crippen LogP contribution is 2.52. The summed E-state index contributed by atoms with van der Waals surface area (Å²) in [7, 11) is 2.73. The summed E-state index contributed by atoms with van der Waals surface area (Å²) >= 11 is 0. The van der Waals surface area contributed by atoms with Gasteiger partial charge in [0.25, 0.3) is 0 Å². The number of aliphatic hydroxyl groups is 1. The molecule has 2 aliphatic heterocycles. The van der Waals surface area contributed by atoms with Gasteiger partial charge in [-0.25, -0.2) is 9.86 Å². The predicted octanol–water partition coefficient (Wildman–Crippen LogP) is 0.375. The van der Waals surface area contributed by atoms with Crippen molar-refractivity contribution in [2.75, 3.05) is 19.3 Å². The van der Waals surface area contributed by atoms with Crippen LogP contribution in [-0.2, 0) is 24.8 Å². The molecule has 0 unspecified atom stereocenters. The summed E-state index contributed by atoms with van der Waals surface area (Å²) in [6, 6.07) is 6.37.